The molecule has 0 heterocycles. The van der Waals surface area contributed by atoms with Crippen molar-refractivity contribution in [3.63, 3.8) is 0 Å². The van der Waals surface area contributed by atoms with Gasteiger partial charge in [-0.15, -0.1) is 11.5 Å². The molecule has 0 saturated heterocycles. The molecule has 0 amide bonds. The molecule has 0 aliphatic rings. The third kappa shape index (κ3) is 3.83. The van der Waals surface area contributed by atoms with Gasteiger partial charge in [0.2, 0.25) is 0 Å². The van der Waals surface area contributed by atoms with Crippen LogP contribution < -0.4 is 10.2 Å². The Hall–Kier alpha value is -2.49. The van der Waals surface area contributed by atoms with Crippen molar-refractivity contribution in [3.8, 4) is 11.5 Å². The van der Waals surface area contributed by atoms with E-state index in [1.165, 1.54) is 0 Å². The van der Waals surface area contributed by atoms with Crippen molar-refractivity contribution in [1.82, 2.24) is 0 Å². The van der Waals surface area contributed by atoms with Gasteiger partial charge in [0.1, 0.15) is 0 Å². The largest absolute Gasteiger partial charge is 2.00 e. The Morgan fingerprint density at radius 2 is 0.783 bits per heavy atom. The molecular formula is C20H14CoO2. The van der Waals surface area contributed by atoms with Crippen LogP contribution >= 0.6 is 0 Å². The number of fused-ring (bicyclic) bond motifs is 2. The fraction of sp³-hybridized carbons (Fsp3) is 0. The van der Waals surface area contributed by atoms with Crippen LogP contribution in [0.5, 0.6) is 11.5 Å². The Bertz CT molecular complexity index is 831. The van der Waals surface area contributed by atoms with Crippen LogP contribution in [0.3, 0.4) is 0 Å². The summed E-state index contributed by atoms with van der Waals surface area (Å²) in [5.74, 6) is 0.200. The molecule has 0 aromatic heterocycles. The summed E-state index contributed by atoms with van der Waals surface area (Å²) >= 11 is 0. The van der Waals surface area contributed by atoms with Crippen LogP contribution in [-0.4, -0.2) is 0 Å². The maximum atomic E-state index is 11.2. The van der Waals surface area contributed by atoms with E-state index < -0.39 is 0 Å². The standard InChI is InChI=1S/2C10H8O.Co/c2*11-10-7-3-5-8-4-1-2-6-9(8)10;/h2*1-7,11H;/q;;+2/p-2. The van der Waals surface area contributed by atoms with Crippen molar-refractivity contribution in [1.29, 1.82) is 0 Å². The summed E-state index contributed by atoms with van der Waals surface area (Å²) in [7, 11) is 0. The summed E-state index contributed by atoms with van der Waals surface area (Å²) in [6, 6.07) is 25.8. The molecule has 3 heteroatoms. The molecule has 23 heavy (non-hydrogen) atoms. The number of hydrogen-bond donors (Lipinski definition) is 0. The summed E-state index contributed by atoms with van der Waals surface area (Å²) in [4.78, 5) is 0. The Morgan fingerprint density at radius 3 is 1.17 bits per heavy atom. The van der Waals surface area contributed by atoms with Gasteiger partial charge in [-0.25, -0.2) is 0 Å². The van der Waals surface area contributed by atoms with Crippen LogP contribution in [0.25, 0.3) is 21.5 Å². The molecule has 0 unspecified atom stereocenters. The Kier molecular flexibility index (Phi) is 5.63. The molecule has 4 rings (SSSR count). The SMILES string of the molecule is [Co+2].[O-]c1cccc2ccccc12.[O-]c1cccc2ccccc12. The van der Waals surface area contributed by atoms with Crippen molar-refractivity contribution < 1.29 is 27.0 Å². The summed E-state index contributed by atoms with van der Waals surface area (Å²) in [5.41, 5.74) is 0. The van der Waals surface area contributed by atoms with Gasteiger partial charge in [0.25, 0.3) is 0 Å². The van der Waals surface area contributed by atoms with E-state index in [0.29, 0.717) is 0 Å². The van der Waals surface area contributed by atoms with Crippen molar-refractivity contribution in [3.05, 3.63) is 84.9 Å². The maximum Gasteiger partial charge on any atom is 2.00 e. The fourth-order valence-corrected chi connectivity index (χ4v) is 2.39. The first-order valence-electron chi connectivity index (χ1n) is 7.05. The van der Waals surface area contributed by atoms with E-state index in [2.05, 4.69) is 0 Å². The molecule has 0 N–H and O–H groups in total. The second-order valence-corrected chi connectivity index (χ2v) is 4.95. The molecule has 2 nitrogen and oxygen atoms in total. The van der Waals surface area contributed by atoms with Gasteiger partial charge in [0, 0.05) is 0 Å². The molecule has 0 spiro atoms. The predicted molar refractivity (Wildman–Crippen MR) is 86.8 cm³/mol. The Balaban J connectivity index is 0.000000160. The van der Waals surface area contributed by atoms with E-state index in [9.17, 15) is 10.2 Å². The average Bonchev–Trinajstić information content (AvgIpc) is 2.57. The van der Waals surface area contributed by atoms with Gasteiger partial charge >= 0.3 is 16.8 Å². The van der Waals surface area contributed by atoms with E-state index >= 15 is 0 Å². The van der Waals surface area contributed by atoms with Crippen molar-refractivity contribution in [2.45, 2.75) is 0 Å². The second-order valence-electron chi connectivity index (χ2n) is 4.95. The van der Waals surface area contributed by atoms with Crippen molar-refractivity contribution in [2.24, 2.45) is 0 Å². The third-order valence-corrected chi connectivity index (χ3v) is 3.50. The molecule has 4 aromatic rings. The van der Waals surface area contributed by atoms with Crippen LogP contribution in [-0.2, 0) is 16.8 Å². The third-order valence-electron chi connectivity index (χ3n) is 3.50. The minimum absolute atomic E-state index is 0. The van der Waals surface area contributed by atoms with Crippen LogP contribution in [0.1, 0.15) is 0 Å². The van der Waals surface area contributed by atoms with Gasteiger partial charge in [-0.2, -0.15) is 0 Å². The van der Waals surface area contributed by atoms with Gasteiger partial charge in [-0.3, -0.25) is 0 Å². The molecule has 0 fully saturated rings. The van der Waals surface area contributed by atoms with E-state index in [1.54, 1.807) is 24.3 Å². The van der Waals surface area contributed by atoms with Crippen LogP contribution in [0, 0.1) is 0 Å². The molecule has 115 valence electrons. The van der Waals surface area contributed by atoms with E-state index in [4.69, 9.17) is 0 Å². The summed E-state index contributed by atoms with van der Waals surface area (Å²) in [5, 5.41) is 26.0. The van der Waals surface area contributed by atoms with Gasteiger partial charge < -0.3 is 10.2 Å². The van der Waals surface area contributed by atoms with E-state index in [1.807, 2.05) is 60.7 Å². The summed E-state index contributed by atoms with van der Waals surface area (Å²) < 4.78 is 0. The van der Waals surface area contributed by atoms with Crippen molar-refractivity contribution >= 4 is 21.5 Å². The Labute approximate surface area is 145 Å². The topological polar surface area (TPSA) is 46.1 Å². The van der Waals surface area contributed by atoms with Crippen molar-refractivity contribution in [2.75, 3.05) is 0 Å². The minimum atomic E-state index is 0. The molecule has 0 aliphatic heterocycles. The maximum absolute atomic E-state index is 11.2. The number of hydrogen-bond acceptors (Lipinski definition) is 2. The quantitative estimate of drug-likeness (QED) is 0.486. The molecule has 1 radical (unpaired) electrons. The smallest absolute Gasteiger partial charge is 0.872 e. The zero-order chi connectivity index (χ0) is 15.4. The summed E-state index contributed by atoms with van der Waals surface area (Å²) in [6.45, 7) is 0. The number of benzene rings is 4. The average molecular weight is 345 g/mol. The molecule has 4 aromatic carbocycles. The molecule has 0 atom stereocenters. The molecule has 0 bridgehead atoms. The first kappa shape index (κ1) is 16.9. The van der Waals surface area contributed by atoms with E-state index in [0.717, 1.165) is 21.5 Å². The number of rotatable bonds is 0. The minimum Gasteiger partial charge on any atom is -0.872 e. The first-order valence-corrected chi connectivity index (χ1v) is 7.05. The molecule has 0 aliphatic carbocycles. The first-order chi connectivity index (χ1) is 10.8. The predicted octanol–water partition coefficient (Wildman–Crippen LogP) is 3.82. The fourth-order valence-electron chi connectivity index (χ4n) is 2.39. The zero-order valence-corrected chi connectivity index (χ0v) is 13.3. The van der Waals surface area contributed by atoms with Gasteiger partial charge in [-0.1, -0.05) is 84.9 Å². The van der Waals surface area contributed by atoms with E-state index in [-0.39, 0.29) is 28.3 Å². The van der Waals surface area contributed by atoms with Gasteiger partial charge in [0.15, 0.2) is 0 Å². The van der Waals surface area contributed by atoms with Crippen LogP contribution in [0.4, 0.5) is 0 Å². The molecular weight excluding hydrogens is 331 g/mol. The second kappa shape index (κ2) is 7.67. The molecule has 0 saturated carbocycles. The monoisotopic (exact) mass is 345 g/mol. The van der Waals surface area contributed by atoms with Crippen LogP contribution in [0.2, 0.25) is 0 Å². The Morgan fingerprint density at radius 1 is 0.435 bits per heavy atom. The zero-order valence-electron chi connectivity index (χ0n) is 12.2. The van der Waals surface area contributed by atoms with Gasteiger partial charge in [-0.05, 0) is 21.5 Å². The van der Waals surface area contributed by atoms with Gasteiger partial charge in [0.05, 0.1) is 0 Å². The normalized spacial score (nSPS) is 9.74. The summed E-state index contributed by atoms with van der Waals surface area (Å²) in [6.07, 6.45) is 0. The van der Waals surface area contributed by atoms with Crippen LogP contribution in [0.15, 0.2) is 84.9 Å².